The van der Waals surface area contributed by atoms with Crippen LogP contribution in [-0.4, -0.2) is 28.7 Å². The van der Waals surface area contributed by atoms with Gasteiger partial charge in [-0.1, -0.05) is 23.9 Å². The van der Waals surface area contributed by atoms with Crippen LogP contribution in [-0.2, 0) is 20.7 Å². The van der Waals surface area contributed by atoms with Crippen molar-refractivity contribution in [3.05, 3.63) is 40.9 Å². The number of rotatable bonds is 7. The zero-order valence-electron chi connectivity index (χ0n) is 13.8. The zero-order chi connectivity index (χ0) is 18.2. The molecule has 0 saturated carbocycles. The number of esters is 1. The van der Waals surface area contributed by atoms with Crippen LogP contribution in [0.5, 0.6) is 0 Å². The number of thiazole rings is 1. The van der Waals surface area contributed by atoms with Crippen molar-refractivity contribution in [2.24, 2.45) is 0 Å². The van der Waals surface area contributed by atoms with Crippen molar-refractivity contribution in [2.75, 3.05) is 11.9 Å². The molecule has 0 unspecified atom stereocenters. The van der Waals surface area contributed by atoms with Crippen molar-refractivity contribution in [3.8, 4) is 6.07 Å². The van der Waals surface area contributed by atoms with Crippen molar-refractivity contribution in [1.29, 1.82) is 5.26 Å². The quantitative estimate of drug-likeness (QED) is 0.590. The van der Waals surface area contributed by atoms with E-state index in [9.17, 15) is 9.59 Å². The van der Waals surface area contributed by atoms with Crippen LogP contribution in [0.4, 0.5) is 5.69 Å². The summed E-state index contributed by atoms with van der Waals surface area (Å²) >= 11 is 2.69. The van der Waals surface area contributed by atoms with Crippen molar-refractivity contribution in [2.45, 2.75) is 29.9 Å². The van der Waals surface area contributed by atoms with Gasteiger partial charge >= 0.3 is 5.97 Å². The molecule has 0 fully saturated rings. The first kappa shape index (κ1) is 19.0. The summed E-state index contributed by atoms with van der Waals surface area (Å²) in [6.45, 7) is 3.86. The summed E-state index contributed by atoms with van der Waals surface area (Å²) in [5.74, 6) is -0.530. The molecule has 1 aromatic carbocycles. The highest BCUT2D eigenvalue weighted by atomic mass is 32.2. The number of benzene rings is 1. The third-order valence-corrected chi connectivity index (χ3v) is 5.23. The molecule has 6 nitrogen and oxygen atoms in total. The first-order valence-electron chi connectivity index (χ1n) is 7.60. The van der Waals surface area contributed by atoms with E-state index in [0.717, 1.165) is 0 Å². The normalized spacial score (nSPS) is 11.4. The Balaban J connectivity index is 1.94. The van der Waals surface area contributed by atoms with Gasteiger partial charge in [-0.15, -0.1) is 11.3 Å². The van der Waals surface area contributed by atoms with Gasteiger partial charge < -0.3 is 10.1 Å². The van der Waals surface area contributed by atoms with E-state index in [2.05, 4.69) is 10.3 Å². The lowest BCUT2D eigenvalue weighted by Gasteiger charge is -2.11. The van der Waals surface area contributed by atoms with Crippen LogP contribution in [0.3, 0.4) is 0 Å². The Morgan fingerprint density at radius 1 is 1.44 bits per heavy atom. The predicted molar refractivity (Wildman–Crippen MR) is 97.6 cm³/mol. The molecule has 1 atom stereocenters. The van der Waals surface area contributed by atoms with E-state index in [1.54, 1.807) is 43.5 Å². The first-order valence-corrected chi connectivity index (χ1v) is 9.36. The van der Waals surface area contributed by atoms with Gasteiger partial charge in [0.05, 0.1) is 35.2 Å². The second kappa shape index (κ2) is 9.20. The molecule has 2 aromatic rings. The number of carbonyl (C=O) groups is 2. The van der Waals surface area contributed by atoms with E-state index in [1.165, 1.54) is 23.1 Å². The second-order valence-corrected chi connectivity index (χ2v) is 7.44. The predicted octanol–water partition coefficient (Wildman–Crippen LogP) is 3.24. The summed E-state index contributed by atoms with van der Waals surface area (Å²) in [7, 11) is 0. The first-order chi connectivity index (χ1) is 12.0. The van der Waals surface area contributed by atoms with Gasteiger partial charge in [0.1, 0.15) is 6.07 Å². The number of nitriles is 1. The molecule has 25 heavy (non-hydrogen) atoms. The maximum absolute atomic E-state index is 12.3. The molecule has 0 radical (unpaired) electrons. The van der Waals surface area contributed by atoms with E-state index in [1.807, 2.05) is 6.07 Å². The number of ether oxygens (including phenoxy) is 1. The Labute approximate surface area is 154 Å². The molecular weight excluding hydrogens is 358 g/mol. The van der Waals surface area contributed by atoms with E-state index >= 15 is 0 Å². The molecule has 0 saturated heterocycles. The highest BCUT2D eigenvalue weighted by molar-refractivity contribution is 8.02. The fraction of sp³-hybridized carbons (Fsp3) is 0.294. The Morgan fingerprint density at radius 2 is 2.20 bits per heavy atom. The summed E-state index contributed by atoms with van der Waals surface area (Å²) in [5, 5.41) is 13.2. The fourth-order valence-corrected chi connectivity index (χ4v) is 3.89. The molecule has 0 aliphatic heterocycles. The second-order valence-electron chi connectivity index (χ2n) is 4.99. The smallest absolute Gasteiger partial charge is 0.311 e. The van der Waals surface area contributed by atoms with Gasteiger partial charge in [-0.3, -0.25) is 9.59 Å². The Hall–Kier alpha value is -2.37. The SMILES string of the molecule is CCOC(=O)Cc1csc(S[C@H](C)C(=O)Nc2ccccc2C#N)n1. The minimum Gasteiger partial charge on any atom is -0.466 e. The van der Waals surface area contributed by atoms with E-state index in [4.69, 9.17) is 10.00 Å². The number of thioether (sulfide) groups is 1. The van der Waals surface area contributed by atoms with Gasteiger partial charge in [-0.25, -0.2) is 4.98 Å². The van der Waals surface area contributed by atoms with E-state index < -0.39 is 5.25 Å². The number of anilines is 1. The Kier molecular flexibility index (Phi) is 6.98. The molecule has 8 heteroatoms. The zero-order valence-corrected chi connectivity index (χ0v) is 15.4. The number of amides is 1. The van der Waals surface area contributed by atoms with Crippen LogP contribution in [0.15, 0.2) is 34.0 Å². The van der Waals surface area contributed by atoms with Gasteiger partial charge in [-0.05, 0) is 26.0 Å². The number of para-hydroxylation sites is 1. The number of aromatic nitrogens is 1. The molecule has 130 valence electrons. The highest BCUT2D eigenvalue weighted by Gasteiger charge is 2.18. The summed E-state index contributed by atoms with van der Waals surface area (Å²) in [6.07, 6.45) is 0.126. The monoisotopic (exact) mass is 375 g/mol. The van der Waals surface area contributed by atoms with Crippen LogP contribution in [0.2, 0.25) is 0 Å². The standard InChI is InChI=1S/C17H17N3O3S2/c1-3-23-15(21)8-13-10-24-17(19-13)25-11(2)16(22)20-14-7-5-4-6-12(14)9-18/h4-7,10-11H,3,8H2,1-2H3,(H,20,22)/t11-/m1/s1. The number of hydrogen-bond acceptors (Lipinski definition) is 7. The molecule has 1 N–H and O–H groups in total. The third kappa shape index (κ3) is 5.59. The molecule has 0 bridgehead atoms. The molecule has 1 amide bonds. The average molecular weight is 375 g/mol. The van der Waals surface area contributed by atoms with Crippen LogP contribution in [0.25, 0.3) is 0 Å². The largest absolute Gasteiger partial charge is 0.466 e. The molecule has 0 aliphatic carbocycles. The van der Waals surface area contributed by atoms with E-state index in [-0.39, 0.29) is 18.3 Å². The van der Waals surface area contributed by atoms with Crippen LogP contribution in [0.1, 0.15) is 25.1 Å². The topological polar surface area (TPSA) is 92.1 Å². The van der Waals surface area contributed by atoms with Gasteiger partial charge in [0.2, 0.25) is 5.91 Å². The minimum atomic E-state index is -0.395. The van der Waals surface area contributed by atoms with Gasteiger partial charge in [0.25, 0.3) is 0 Å². The number of nitrogens with one attached hydrogen (secondary N) is 1. The van der Waals surface area contributed by atoms with Crippen LogP contribution >= 0.6 is 23.1 Å². The van der Waals surface area contributed by atoms with Gasteiger partial charge in [0.15, 0.2) is 4.34 Å². The fourth-order valence-electron chi connectivity index (χ4n) is 1.91. The maximum atomic E-state index is 12.3. The summed E-state index contributed by atoms with van der Waals surface area (Å²) in [5.41, 5.74) is 1.54. The molecular formula is C17H17N3O3S2. The van der Waals surface area contributed by atoms with Crippen LogP contribution < -0.4 is 5.32 Å². The van der Waals surface area contributed by atoms with Gasteiger partial charge in [-0.2, -0.15) is 5.26 Å². The maximum Gasteiger partial charge on any atom is 0.311 e. The van der Waals surface area contributed by atoms with Crippen molar-refractivity contribution in [3.63, 3.8) is 0 Å². The van der Waals surface area contributed by atoms with Gasteiger partial charge in [0, 0.05) is 5.38 Å². The average Bonchev–Trinajstić information content (AvgIpc) is 3.02. The lowest BCUT2D eigenvalue weighted by atomic mass is 10.2. The van der Waals surface area contributed by atoms with Crippen molar-refractivity contribution < 1.29 is 14.3 Å². The molecule has 1 aromatic heterocycles. The van der Waals surface area contributed by atoms with E-state index in [0.29, 0.717) is 27.9 Å². The number of nitrogens with zero attached hydrogens (tertiary/aromatic N) is 2. The molecule has 0 aliphatic rings. The Bertz CT molecular complexity index is 798. The number of hydrogen-bond donors (Lipinski definition) is 1. The molecule has 0 spiro atoms. The number of carbonyl (C=O) groups excluding carboxylic acids is 2. The Morgan fingerprint density at radius 3 is 2.92 bits per heavy atom. The molecule has 2 rings (SSSR count). The summed E-state index contributed by atoms with van der Waals surface area (Å²) in [6, 6.07) is 8.89. The van der Waals surface area contributed by atoms with Crippen molar-refractivity contribution >= 4 is 40.7 Å². The molecule has 1 heterocycles. The summed E-state index contributed by atoms with van der Waals surface area (Å²) in [4.78, 5) is 28.1. The highest BCUT2D eigenvalue weighted by Crippen LogP contribution is 2.28. The minimum absolute atomic E-state index is 0.126. The lowest BCUT2D eigenvalue weighted by molar-refractivity contribution is -0.142. The summed E-state index contributed by atoms with van der Waals surface area (Å²) < 4.78 is 5.60. The lowest BCUT2D eigenvalue weighted by Crippen LogP contribution is -2.22. The van der Waals surface area contributed by atoms with Crippen molar-refractivity contribution in [1.82, 2.24) is 4.98 Å². The third-order valence-electron chi connectivity index (χ3n) is 3.11. The van der Waals surface area contributed by atoms with Crippen LogP contribution in [0, 0.1) is 11.3 Å².